The molecule has 1 amide bonds. The lowest BCUT2D eigenvalue weighted by Crippen LogP contribution is -2.34. The van der Waals surface area contributed by atoms with Crippen molar-refractivity contribution in [3.8, 4) is 0 Å². The largest absolute Gasteiger partial charge is 0.444 e. The van der Waals surface area contributed by atoms with Crippen LogP contribution >= 0.6 is 0 Å². The predicted molar refractivity (Wildman–Crippen MR) is 64.2 cm³/mol. The summed E-state index contributed by atoms with van der Waals surface area (Å²) in [5, 5.41) is 2.59. The van der Waals surface area contributed by atoms with Gasteiger partial charge in [-0.05, 0) is 33.8 Å². The molecule has 1 aromatic carbocycles. The Balaban J connectivity index is 2.64. The first-order valence-electron chi connectivity index (χ1n) is 5.53. The van der Waals surface area contributed by atoms with Crippen molar-refractivity contribution in [2.45, 2.75) is 39.3 Å². The van der Waals surface area contributed by atoms with Gasteiger partial charge in [-0.1, -0.05) is 18.2 Å². The quantitative estimate of drug-likeness (QED) is 0.858. The summed E-state index contributed by atoms with van der Waals surface area (Å²) in [6.07, 6.45) is -0.548. The van der Waals surface area contributed by atoms with Crippen molar-refractivity contribution in [2.75, 3.05) is 0 Å². The van der Waals surface area contributed by atoms with Gasteiger partial charge >= 0.3 is 6.09 Å². The van der Waals surface area contributed by atoms with Crippen molar-refractivity contribution in [1.29, 1.82) is 0 Å². The third-order valence-electron chi connectivity index (χ3n) is 2.10. The number of ether oxygens (including phenoxy) is 1. The van der Waals surface area contributed by atoms with Gasteiger partial charge in [0.25, 0.3) is 0 Å². The van der Waals surface area contributed by atoms with E-state index in [0.717, 1.165) is 0 Å². The molecule has 1 atom stereocenters. The Morgan fingerprint density at radius 1 is 1.35 bits per heavy atom. The first-order valence-corrected chi connectivity index (χ1v) is 5.53. The average molecular weight is 239 g/mol. The van der Waals surface area contributed by atoms with Crippen LogP contribution in [0.1, 0.15) is 39.3 Å². The summed E-state index contributed by atoms with van der Waals surface area (Å²) in [6.45, 7) is 7.05. The molecule has 0 radical (unpaired) electrons. The van der Waals surface area contributed by atoms with Gasteiger partial charge < -0.3 is 10.1 Å². The molecule has 94 valence electrons. The Bertz CT molecular complexity index is 399. The summed E-state index contributed by atoms with van der Waals surface area (Å²) in [4.78, 5) is 11.5. The van der Waals surface area contributed by atoms with E-state index in [9.17, 15) is 9.18 Å². The minimum atomic E-state index is -0.557. The Morgan fingerprint density at radius 3 is 2.47 bits per heavy atom. The first kappa shape index (κ1) is 13.5. The molecule has 1 rings (SSSR count). The minimum Gasteiger partial charge on any atom is -0.444 e. The number of hydrogen-bond donors (Lipinski definition) is 1. The molecule has 0 saturated heterocycles. The summed E-state index contributed by atoms with van der Waals surface area (Å²) in [7, 11) is 0. The van der Waals surface area contributed by atoms with E-state index < -0.39 is 17.7 Å². The van der Waals surface area contributed by atoms with Crippen LogP contribution in [0.5, 0.6) is 0 Å². The summed E-state index contributed by atoms with van der Waals surface area (Å²) in [6, 6.07) is 5.91. The van der Waals surface area contributed by atoms with E-state index in [0.29, 0.717) is 5.56 Å². The Hall–Kier alpha value is -1.58. The number of carbonyl (C=O) groups excluding carboxylic acids is 1. The molecule has 3 nitrogen and oxygen atoms in total. The molecule has 1 aromatic rings. The van der Waals surface area contributed by atoms with E-state index in [1.165, 1.54) is 6.07 Å². The van der Waals surface area contributed by atoms with Gasteiger partial charge in [-0.15, -0.1) is 0 Å². The smallest absolute Gasteiger partial charge is 0.408 e. The normalized spacial score (nSPS) is 13.0. The van der Waals surface area contributed by atoms with Crippen LogP contribution in [-0.4, -0.2) is 11.7 Å². The van der Waals surface area contributed by atoms with Crippen LogP contribution in [-0.2, 0) is 4.74 Å². The minimum absolute atomic E-state index is 0.337. The molecule has 0 aromatic heterocycles. The Morgan fingerprint density at radius 2 is 1.94 bits per heavy atom. The predicted octanol–water partition coefficient (Wildman–Crippen LogP) is 3.41. The van der Waals surface area contributed by atoms with Crippen LogP contribution in [0, 0.1) is 5.82 Å². The van der Waals surface area contributed by atoms with Crippen molar-refractivity contribution in [3.63, 3.8) is 0 Å². The van der Waals surface area contributed by atoms with Gasteiger partial charge in [0.1, 0.15) is 11.4 Å². The highest BCUT2D eigenvalue weighted by molar-refractivity contribution is 5.68. The maximum Gasteiger partial charge on any atom is 0.408 e. The van der Waals surface area contributed by atoms with Crippen molar-refractivity contribution in [1.82, 2.24) is 5.32 Å². The van der Waals surface area contributed by atoms with Gasteiger partial charge in [0, 0.05) is 5.56 Å². The Kier molecular flexibility index (Phi) is 4.10. The number of rotatable bonds is 2. The van der Waals surface area contributed by atoms with Crippen molar-refractivity contribution in [2.24, 2.45) is 0 Å². The van der Waals surface area contributed by atoms with Gasteiger partial charge in [0.15, 0.2) is 0 Å². The fraction of sp³-hybridized carbons (Fsp3) is 0.462. The van der Waals surface area contributed by atoms with Crippen molar-refractivity contribution in [3.05, 3.63) is 35.6 Å². The SMILES string of the molecule is C[C@@H](NC(=O)OC(C)(C)C)c1ccccc1F. The molecule has 0 aliphatic rings. The second kappa shape index (κ2) is 5.17. The lowest BCUT2D eigenvalue weighted by atomic mass is 10.1. The van der Waals surface area contributed by atoms with E-state index in [1.54, 1.807) is 45.9 Å². The number of alkyl carbamates (subject to hydrolysis) is 1. The maximum atomic E-state index is 13.4. The van der Waals surface area contributed by atoms with Crippen molar-refractivity contribution >= 4 is 6.09 Å². The second-order valence-corrected chi connectivity index (χ2v) is 4.89. The summed E-state index contributed by atoms with van der Waals surface area (Å²) in [5.74, 6) is -0.337. The zero-order valence-electron chi connectivity index (χ0n) is 10.6. The molecule has 0 spiro atoms. The average Bonchev–Trinajstić information content (AvgIpc) is 2.14. The van der Waals surface area contributed by atoms with Gasteiger partial charge in [-0.3, -0.25) is 0 Å². The molecule has 0 heterocycles. The Labute approximate surface area is 101 Å². The molecular formula is C13H18FNO2. The van der Waals surface area contributed by atoms with E-state index in [1.807, 2.05) is 0 Å². The second-order valence-electron chi connectivity index (χ2n) is 4.89. The van der Waals surface area contributed by atoms with Crippen LogP contribution in [0.25, 0.3) is 0 Å². The van der Waals surface area contributed by atoms with Gasteiger partial charge in [-0.25, -0.2) is 9.18 Å². The van der Waals surface area contributed by atoms with Crippen LogP contribution in [0.4, 0.5) is 9.18 Å². The number of carbonyl (C=O) groups is 1. The fourth-order valence-electron chi connectivity index (χ4n) is 1.39. The van der Waals surface area contributed by atoms with Crippen LogP contribution < -0.4 is 5.32 Å². The highest BCUT2D eigenvalue weighted by Gasteiger charge is 2.19. The topological polar surface area (TPSA) is 38.3 Å². The number of nitrogens with one attached hydrogen (secondary N) is 1. The summed E-state index contributed by atoms with van der Waals surface area (Å²) in [5.41, 5.74) is -0.114. The molecule has 1 N–H and O–H groups in total. The third-order valence-corrected chi connectivity index (χ3v) is 2.10. The lowest BCUT2D eigenvalue weighted by Gasteiger charge is -2.22. The highest BCUT2D eigenvalue weighted by atomic mass is 19.1. The number of amides is 1. The van der Waals surface area contributed by atoms with Gasteiger partial charge in [0.05, 0.1) is 6.04 Å². The van der Waals surface area contributed by atoms with Crippen LogP contribution in [0.2, 0.25) is 0 Å². The molecule has 0 saturated carbocycles. The number of halogens is 1. The first-order chi connectivity index (χ1) is 7.79. The van der Waals surface area contributed by atoms with E-state index in [4.69, 9.17) is 4.74 Å². The van der Waals surface area contributed by atoms with Crippen LogP contribution in [0.3, 0.4) is 0 Å². The van der Waals surface area contributed by atoms with Crippen molar-refractivity contribution < 1.29 is 13.9 Å². The summed E-state index contributed by atoms with van der Waals surface area (Å²) >= 11 is 0. The fourth-order valence-corrected chi connectivity index (χ4v) is 1.39. The van der Waals surface area contributed by atoms with E-state index in [-0.39, 0.29) is 5.82 Å². The molecular weight excluding hydrogens is 221 g/mol. The molecule has 17 heavy (non-hydrogen) atoms. The number of hydrogen-bond acceptors (Lipinski definition) is 2. The molecule has 0 bridgehead atoms. The standard InChI is InChI=1S/C13H18FNO2/c1-9(10-7-5-6-8-11(10)14)15-12(16)17-13(2,3)4/h5-9H,1-4H3,(H,15,16)/t9-/m1/s1. The monoisotopic (exact) mass is 239 g/mol. The van der Waals surface area contributed by atoms with Gasteiger partial charge in [-0.2, -0.15) is 0 Å². The maximum absolute atomic E-state index is 13.4. The molecule has 0 aliphatic heterocycles. The number of benzene rings is 1. The third kappa shape index (κ3) is 4.43. The van der Waals surface area contributed by atoms with Crippen LogP contribution in [0.15, 0.2) is 24.3 Å². The van der Waals surface area contributed by atoms with E-state index >= 15 is 0 Å². The zero-order chi connectivity index (χ0) is 13.1. The molecule has 4 heteroatoms. The molecule has 0 unspecified atom stereocenters. The van der Waals surface area contributed by atoms with E-state index in [2.05, 4.69) is 5.32 Å². The zero-order valence-corrected chi connectivity index (χ0v) is 10.6. The highest BCUT2D eigenvalue weighted by Crippen LogP contribution is 2.16. The lowest BCUT2D eigenvalue weighted by molar-refractivity contribution is 0.0507. The summed E-state index contributed by atoms with van der Waals surface area (Å²) < 4.78 is 18.5. The molecule has 0 fully saturated rings. The molecule has 0 aliphatic carbocycles. The van der Waals surface area contributed by atoms with Gasteiger partial charge in [0.2, 0.25) is 0 Å².